The third-order valence-electron chi connectivity index (χ3n) is 7.50. The largest absolute Gasteiger partial charge is 0.454 e. The fourth-order valence-corrected chi connectivity index (χ4v) is 6.62. The second-order valence-corrected chi connectivity index (χ2v) is 9.80. The van der Waals surface area contributed by atoms with Crippen LogP contribution in [-0.2, 0) is 19.1 Å². The Morgan fingerprint density at radius 1 is 0.857 bits per heavy atom. The number of esters is 1. The van der Waals surface area contributed by atoms with E-state index in [4.69, 9.17) is 4.74 Å². The molecule has 5 rings (SSSR count). The number of hydrogen-bond acceptors (Lipinski definition) is 4. The van der Waals surface area contributed by atoms with E-state index in [1.165, 1.54) is 32.1 Å². The average Bonchev–Trinajstić information content (AvgIpc) is 2.92. The van der Waals surface area contributed by atoms with Gasteiger partial charge in [-0.1, -0.05) is 25.7 Å². The summed E-state index contributed by atoms with van der Waals surface area (Å²) in [6.45, 7) is -0.403. The number of rotatable bonds is 6. The van der Waals surface area contributed by atoms with Crippen molar-refractivity contribution in [1.29, 1.82) is 0 Å². The van der Waals surface area contributed by atoms with Gasteiger partial charge < -0.3 is 15.4 Å². The first-order valence-electron chi connectivity index (χ1n) is 11.3. The summed E-state index contributed by atoms with van der Waals surface area (Å²) in [6.07, 6.45) is 13.5. The Hall–Kier alpha value is -1.59. The van der Waals surface area contributed by atoms with Crippen LogP contribution >= 0.6 is 0 Å². The molecule has 0 aromatic heterocycles. The first-order chi connectivity index (χ1) is 13.5. The minimum absolute atomic E-state index is 0.0199. The van der Waals surface area contributed by atoms with E-state index in [9.17, 15) is 14.4 Å². The molecule has 28 heavy (non-hydrogen) atoms. The van der Waals surface area contributed by atoms with E-state index in [2.05, 4.69) is 10.6 Å². The standard InChI is InChI=1S/C22H34N2O4/c25-19(24-18-5-3-1-2-4-6-18)14-28-20(26)13-23-21(27)22-10-15-7-16(11-22)9-17(8-15)12-22/h15-18H,1-14H2,(H,23,27)(H,24,25). The number of nitrogens with one attached hydrogen (secondary N) is 2. The van der Waals surface area contributed by atoms with Gasteiger partial charge in [-0.2, -0.15) is 0 Å². The van der Waals surface area contributed by atoms with E-state index in [-0.39, 0.29) is 36.4 Å². The molecule has 0 radical (unpaired) electrons. The predicted octanol–water partition coefficient (Wildman–Crippen LogP) is 2.70. The summed E-state index contributed by atoms with van der Waals surface area (Å²) >= 11 is 0. The molecule has 0 aliphatic heterocycles. The number of ether oxygens (including phenoxy) is 1. The van der Waals surface area contributed by atoms with E-state index in [1.54, 1.807) is 0 Å². The Kier molecular flexibility index (Phi) is 5.93. The molecule has 0 heterocycles. The van der Waals surface area contributed by atoms with Crippen molar-refractivity contribution in [3.05, 3.63) is 0 Å². The normalized spacial score (nSPS) is 34.5. The quantitative estimate of drug-likeness (QED) is 0.539. The highest BCUT2D eigenvalue weighted by Crippen LogP contribution is 2.60. The Balaban J connectivity index is 1.17. The average molecular weight is 391 g/mol. The predicted molar refractivity (Wildman–Crippen MR) is 104 cm³/mol. The molecule has 0 saturated heterocycles. The molecule has 0 atom stereocenters. The molecule has 4 bridgehead atoms. The van der Waals surface area contributed by atoms with Gasteiger partial charge in [0, 0.05) is 11.5 Å². The van der Waals surface area contributed by atoms with Crippen LogP contribution in [0, 0.1) is 23.2 Å². The maximum Gasteiger partial charge on any atom is 0.325 e. The van der Waals surface area contributed by atoms with Crippen molar-refractivity contribution in [2.75, 3.05) is 13.2 Å². The van der Waals surface area contributed by atoms with E-state index in [0.717, 1.165) is 44.9 Å². The van der Waals surface area contributed by atoms with Gasteiger partial charge in [-0.3, -0.25) is 14.4 Å². The van der Waals surface area contributed by atoms with Gasteiger partial charge in [-0.05, 0) is 69.1 Å². The summed E-state index contributed by atoms with van der Waals surface area (Å²) in [5, 5.41) is 5.77. The molecule has 5 fully saturated rings. The molecule has 0 unspecified atom stereocenters. The van der Waals surface area contributed by atoms with Crippen LogP contribution in [0.3, 0.4) is 0 Å². The van der Waals surface area contributed by atoms with Gasteiger partial charge in [0.2, 0.25) is 5.91 Å². The lowest BCUT2D eigenvalue weighted by molar-refractivity contribution is -0.152. The topological polar surface area (TPSA) is 84.5 Å². The fraction of sp³-hybridized carbons (Fsp3) is 0.864. The van der Waals surface area contributed by atoms with Gasteiger partial charge in [-0.25, -0.2) is 0 Å². The molecule has 0 aromatic carbocycles. The third-order valence-corrected chi connectivity index (χ3v) is 7.50. The van der Waals surface area contributed by atoms with Crippen molar-refractivity contribution in [3.63, 3.8) is 0 Å². The first-order valence-corrected chi connectivity index (χ1v) is 11.3. The lowest BCUT2D eigenvalue weighted by atomic mass is 9.49. The van der Waals surface area contributed by atoms with Gasteiger partial charge in [0.1, 0.15) is 6.54 Å². The summed E-state index contributed by atoms with van der Waals surface area (Å²) in [7, 11) is 0. The van der Waals surface area contributed by atoms with Gasteiger partial charge >= 0.3 is 5.97 Å². The van der Waals surface area contributed by atoms with Crippen LogP contribution < -0.4 is 10.6 Å². The SMILES string of the molecule is O=C(COC(=O)CNC(=O)C12CC3CC(CC(C3)C1)C2)NC1CCCCCC1. The van der Waals surface area contributed by atoms with E-state index in [1.807, 2.05) is 0 Å². The van der Waals surface area contributed by atoms with Crippen molar-refractivity contribution >= 4 is 17.8 Å². The molecular weight excluding hydrogens is 356 g/mol. The molecule has 6 heteroatoms. The van der Waals surface area contributed by atoms with Crippen LogP contribution in [0.2, 0.25) is 0 Å². The molecule has 2 amide bonds. The molecule has 5 aliphatic rings. The number of carbonyl (C=O) groups is 3. The Labute approximate surface area is 167 Å². The number of carbonyl (C=O) groups excluding carboxylic acids is 3. The van der Waals surface area contributed by atoms with Crippen LogP contribution in [0.5, 0.6) is 0 Å². The minimum atomic E-state index is -0.533. The molecular formula is C22H34N2O4. The fourth-order valence-electron chi connectivity index (χ4n) is 6.62. The molecule has 2 N–H and O–H groups in total. The monoisotopic (exact) mass is 390 g/mol. The zero-order valence-corrected chi connectivity index (χ0v) is 16.8. The molecule has 0 aromatic rings. The second-order valence-electron chi connectivity index (χ2n) is 9.80. The van der Waals surface area contributed by atoms with Crippen molar-refractivity contribution in [2.24, 2.45) is 23.2 Å². The van der Waals surface area contributed by atoms with Crippen molar-refractivity contribution in [3.8, 4) is 0 Å². The van der Waals surface area contributed by atoms with Crippen LogP contribution in [0.1, 0.15) is 77.0 Å². The lowest BCUT2D eigenvalue weighted by Crippen LogP contribution is -2.54. The summed E-state index contributed by atoms with van der Waals surface area (Å²) < 4.78 is 5.08. The van der Waals surface area contributed by atoms with Crippen molar-refractivity contribution in [2.45, 2.75) is 83.1 Å². The van der Waals surface area contributed by atoms with E-state index < -0.39 is 5.97 Å². The first kappa shape index (κ1) is 19.7. The molecule has 6 nitrogen and oxygen atoms in total. The van der Waals surface area contributed by atoms with Crippen molar-refractivity contribution in [1.82, 2.24) is 10.6 Å². The number of hydrogen-bond donors (Lipinski definition) is 2. The Morgan fingerprint density at radius 3 is 2.00 bits per heavy atom. The van der Waals surface area contributed by atoms with Crippen LogP contribution in [0.4, 0.5) is 0 Å². The molecule has 156 valence electrons. The molecule has 0 spiro atoms. The van der Waals surface area contributed by atoms with Crippen LogP contribution in [0.25, 0.3) is 0 Å². The lowest BCUT2D eigenvalue weighted by Gasteiger charge is -2.55. The summed E-state index contributed by atoms with van der Waals surface area (Å²) in [5.41, 5.74) is -0.258. The summed E-state index contributed by atoms with van der Waals surface area (Å²) in [6, 6.07) is 0.199. The zero-order valence-electron chi connectivity index (χ0n) is 16.8. The van der Waals surface area contributed by atoms with Gasteiger partial charge in [0.15, 0.2) is 6.61 Å². The maximum absolute atomic E-state index is 12.8. The van der Waals surface area contributed by atoms with Gasteiger partial charge in [0.05, 0.1) is 0 Å². The Bertz CT molecular complexity index is 574. The van der Waals surface area contributed by atoms with E-state index in [0.29, 0.717) is 17.8 Å². The highest BCUT2D eigenvalue weighted by molar-refractivity contribution is 5.87. The molecule has 5 aliphatic carbocycles. The molecule has 5 saturated carbocycles. The van der Waals surface area contributed by atoms with Crippen molar-refractivity contribution < 1.29 is 19.1 Å². The number of amides is 2. The zero-order chi connectivity index (χ0) is 19.6. The van der Waals surface area contributed by atoms with E-state index >= 15 is 0 Å². The maximum atomic E-state index is 12.8. The van der Waals surface area contributed by atoms with Crippen LogP contribution in [-0.4, -0.2) is 37.0 Å². The highest BCUT2D eigenvalue weighted by Gasteiger charge is 2.54. The minimum Gasteiger partial charge on any atom is -0.454 e. The smallest absolute Gasteiger partial charge is 0.325 e. The van der Waals surface area contributed by atoms with Gasteiger partial charge in [0.25, 0.3) is 5.91 Å². The second kappa shape index (κ2) is 8.42. The Morgan fingerprint density at radius 2 is 1.43 bits per heavy atom. The van der Waals surface area contributed by atoms with Gasteiger partial charge in [-0.15, -0.1) is 0 Å². The summed E-state index contributed by atoms with van der Waals surface area (Å²) in [5.74, 6) is 1.32. The van der Waals surface area contributed by atoms with Crippen LogP contribution in [0.15, 0.2) is 0 Å². The highest BCUT2D eigenvalue weighted by atomic mass is 16.5. The summed E-state index contributed by atoms with van der Waals surface area (Å²) in [4.78, 5) is 36.9. The third kappa shape index (κ3) is 4.52.